The molecule has 1 nitrogen and oxygen atoms in total. The third-order valence-corrected chi connectivity index (χ3v) is 57.2. The molecule has 0 atom stereocenters. The van der Waals surface area contributed by atoms with Gasteiger partial charge in [0.2, 0.25) is 0 Å². The molecule has 0 heterocycles. The van der Waals surface area contributed by atoms with Gasteiger partial charge in [-0.1, -0.05) is 0 Å². The van der Waals surface area contributed by atoms with E-state index in [4.69, 9.17) is 17.2 Å². The summed E-state index contributed by atoms with van der Waals surface area (Å²) in [7, 11) is 17.2. The molecule has 0 amide bonds. The van der Waals surface area contributed by atoms with Crippen LogP contribution < -0.4 is 17.0 Å². The van der Waals surface area contributed by atoms with Crippen LogP contribution in [0.15, 0.2) is 121 Å². The minimum absolute atomic E-state index is 0.319. The summed E-state index contributed by atoms with van der Waals surface area (Å²) in [6, 6.07) is 43.8. The quantitative estimate of drug-likeness (QED) is 0.153. The average Bonchev–Trinajstić information content (AvgIpc) is 3.37. The van der Waals surface area contributed by atoms with E-state index in [9.17, 15) is 0 Å². The average molecular weight is 774 g/mol. The molecule has 5 aromatic carbocycles. The number of rotatable bonds is 8. The molecule has 5 heteroatoms. The Hall–Kier alpha value is -2.43. The van der Waals surface area contributed by atoms with Gasteiger partial charge in [-0.3, -0.25) is 0 Å². The first-order chi connectivity index (χ1) is 20.2. The second kappa shape index (κ2) is 11.6. The number of para-hydroxylation sites is 1. The van der Waals surface area contributed by atoms with Gasteiger partial charge in [0, 0.05) is 0 Å². The van der Waals surface area contributed by atoms with Gasteiger partial charge in [0.1, 0.15) is 0 Å². The summed E-state index contributed by atoms with van der Waals surface area (Å²) in [6.07, 6.45) is 0.850. The zero-order chi connectivity index (χ0) is 29.5. The molecule has 0 saturated heterocycles. The van der Waals surface area contributed by atoms with Gasteiger partial charge in [0.15, 0.2) is 0 Å². The summed E-state index contributed by atoms with van der Waals surface area (Å²) in [4.78, 5) is 0. The Bertz CT molecular complexity index is 1670. The molecule has 0 aliphatic heterocycles. The fourth-order valence-corrected chi connectivity index (χ4v) is 59.4. The van der Waals surface area contributed by atoms with Gasteiger partial charge >= 0.3 is 262 Å². The molecule has 0 aromatic heterocycles. The number of nitrogens with one attached hydrogen (secondary N) is 1. The van der Waals surface area contributed by atoms with Crippen LogP contribution in [0.4, 0.5) is 5.69 Å². The van der Waals surface area contributed by atoms with Crippen molar-refractivity contribution in [3.8, 4) is 11.1 Å². The number of halogens is 2. The molecular formula is C37H38Cl2HfNSi. The van der Waals surface area contributed by atoms with Crippen LogP contribution in [0.2, 0.25) is 0 Å². The van der Waals surface area contributed by atoms with Crippen LogP contribution in [0.3, 0.4) is 0 Å². The molecular weight excluding hydrogens is 736 g/mol. The number of anilines is 1. The zero-order valence-corrected chi connectivity index (χ0v) is 31.0. The summed E-state index contributed by atoms with van der Waals surface area (Å²) in [5.41, 5.74) is 8.89. The van der Waals surface area contributed by atoms with Crippen LogP contribution in [0.5, 0.6) is 0 Å². The topological polar surface area (TPSA) is 12.0 Å². The van der Waals surface area contributed by atoms with Gasteiger partial charge in [-0.2, -0.15) is 0 Å². The van der Waals surface area contributed by atoms with Gasteiger partial charge in [0.05, 0.1) is 0 Å². The summed E-state index contributed by atoms with van der Waals surface area (Å²) < 4.78 is 5.38. The van der Waals surface area contributed by atoms with Crippen molar-refractivity contribution in [1.82, 2.24) is 0 Å². The molecule has 5 aromatic rings. The molecule has 0 fully saturated rings. The van der Waals surface area contributed by atoms with Crippen molar-refractivity contribution in [2.24, 2.45) is 0 Å². The maximum absolute atomic E-state index is 8.61. The molecule has 0 unspecified atom stereocenters. The van der Waals surface area contributed by atoms with E-state index in [1.807, 2.05) is 0 Å². The molecule has 0 saturated carbocycles. The van der Waals surface area contributed by atoms with E-state index < -0.39 is 21.6 Å². The molecule has 1 aliphatic rings. The minimum atomic E-state index is -5.48. The molecule has 0 radical (unpaired) electrons. The van der Waals surface area contributed by atoms with Gasteiger partial charge in [-0.15, -0.1) is 0 Å². The maximum atomic E-state index is 8.61. The van der Waals surface area contributed by atoms with Crippen molar-refractivity contribution in [2.75, 3.05) is 3.30 Å². The SMILES string of the molecule is CC(C)c1cccc(C(C)C)c1[NH][Hf]([Cl])([Cl])([c]1cccc2c1Cc1ccccc1-2)[SiH](c1ccccc1)c1ccccc1. The summed E-state index contributed by atoms with van der Waals surface area (Å²) >= 11 is -5.48. The second-order valence-corrected chi connectivity index (χ2v) is 61.2. The van der Waals surface area contributed by atoms with Crippen LogP contribution in [0, 0.1) is 0 Å². The Kier molecular flexibility index (Phi) is 8.17. The number of hydrogen-bond donors (Lipinski definition) is 1. The first-order valence-electron chi connectivity index (χ1n) is 15.0. The molecule has 1 aliphatic carbocycles. The van der Waals surface area contributed by atoms with E-state index in [-0.39, 0.29) is 0 Å². The summed E-state index contributed by atoms with van der Waals surface area (Å²) in [5.74, 6) is -1.65. The Morgan fingerprint density at radius 2 is 1.10 bits per heavy atom. The van der Waals surface area contributed by atoms with Gasteiger partial charge in [0.25, 0.3) is 0 Å². The Labute approximate surface area is 260 Å². The summed E-state index contributed by atoms with van der Waals surface area (Å²) in [5, 5.41) is 2.55. The van der Waals surface area contributed by atoms with Gasteiger partial charge in [-0.05, 0) is 0 Å². The molecule has 6 rings (SSSR count). The normalized spacial score (nSPS) is 13.6. The van der Waals surface area contributed by atoms with Crippen molar-refractivity contribution >= 4 is 42.5 Å². The van der Waals surface area contributed by atoms with Gasteiger partial charge < -0.3 is 0 Å². The van der Waals surface area contributed by atoms with E-state index in [2.05, 4.69) is 152 Å². The molecule has 0 spiro atoms. The van der Waals surface area contributed by atoms with E-state index in [0.29, 0.717) is 11.8 Å². The van der Waals surface area contributed by atoms with Crippen LogP contribution >= 0.6 is 17.2 Å². The molecule has 42 heavy (non-hydrogen) atoms. The predicted molar refractivity (Wildman–Crippen MR) is 184 cm³/mol. The third-order valence-electron chi connectivity index (χ3n) is 8.84. The fraction of sp³-hybridized carbons (Fsp3) is 0.189. The van der Waals surface area contributed by atoms with E-state index in [0.717, 1.165) is 12.1 Å². The van der Waals surface area contributed by atoms with Crippen LogP contribution in [-0.4, -0.2) is 5.98 Å². The van der Waals surface area contributed by atoms with Crippen molar-refractivity contribution in [3.63, 3.8) is 0 Å². The third kappa shape index (κ3) is 5.17. The monoisotopic (exact) mass is 774 g/mol. The number of benzene rings is 5. The van der Waals surface area contributed by atoms with Crippen LogP contribution in [-0.2, 0) is 22.0 Å². The van der Waals surface area contributed by atoms with Crippen molar-refractivity contribution < 1.29 is 15.6 Å². The Morgan fingerprint density at radius 1 is 0.595 bits per heavy atom. The molecule has 213 valence electrons. The summed E-state index contributed by atoms with van der Waals surface area (Å²) in [6.45, 7) is 9.05. The van der Waals surface area contributed by atoms with Crippen molar-refractivity contribution in [3.05, 3.63) is 144 Å². The van der Waals surface area contributed by atoms with Crippen LogP contribution in [0.25, 0.3) is 11.1 Å². The molecule has 0 bridgehead atoms. The van der Waals surface area contributed by atoms with Gasteiger partial charge in [-0.25, -0.2) is 0 Å². The molecule has 1 N–H and O–H groups in total. The number of hydrogen-bond acceptors (Lipinski definition) is 1. The van der Waals surface area contributed by atoms with Crippen molar-refractivity contribution in [1.29, 1.82) is 0 Å². The second-order valence-electron chi connectivity index (χ2n) is 12.2. The number of fused-ring (bicyclic) bond motifs is 3. The van der Waals surface area contributed by atoms with Crippen LogP contribution in [0.1, 0.15) is 61.8 Å². The standard InChI is InChI=1S/C13H9.C12H18N.C12H11Si.2ClH.Hf/c1-3-7-12-10(5-1)9-11-6-2-4-8-13(11)12;1-8(2)10-6-5-7-11(9(3)4)12(10)13;1-3-7-11(8-4-1)13-12-9-5-2-6-10-12;;;/h1-5,7-8H,9H2;5-9,13H,1-4H3;1-10,13H;2*1H;/q;-1;;;;+3/p-2. The Morgan fingerprint density at radius 3 is 1.67 bits per heavy atom. The first kappa shape index (κ1) is 29.6. The van der Waals surface area contributed by atoms with E-state index in [1.165, 1.54) is 47.1 Å². The zero-order valence-electron chi connectivity index (χ0n) is 24.7. The van der Waals surface area contributed by atoms with Crippen molar-refractivity contribution in [2.45, 2.75) is 46.0 Å². The fourth-order valence-electron chi connectivity index (χ4n) is 6.87. The predicted octanol–water partition coefficient (Wildman–Crippen LogP) is 8.69. The Balaban J connectivity index is 1.70. The van der Waals surface area contributed by atoms with E-state index in [1.54, 1.807) is 0 Å². The van der Waals surface area contributed by atoms with E-state index >= 15 is 0 Å². The first-order valence-corrected chi connectivity index (χ1v) is 35.4.